The zero-order chi connectivity index (χ0) is 36.8. The Balaban J connectivity index is 1.17. The SMILES string of the molecule is O=C(CCCC(=O)NCc1cccc(-c2ccc([C@H]3O[C@@H](CN(Cc4ccccc4)Cc4ccccc4)C[C@@H](c4ccc(CO)cc4)O3)cc2)c1)NO. The molecule has 1 heterocycles. The predicted molar refractivity (Wildman–Crippen MR) is 203 cm³/mol. The third-order valence-electron chi connectivity index (χ3n) is 9.44. The van der Waals surface area contributed by atoms with Crippen LogP contribution in [0.5, 0.6) is 0 Å². The van der Waals surface area contributed by atoms with Crippen LogP contribution in [-0.2, 0) is 45.3 Å². The maximum Gasteiger partial charge on any atom is 0.243 e. The largest absolute Gasteiger partial charge is 0.392 e. The van der Waals surface area contributed by atoms with Gasteiger partial charge in [0.2, 0.25) is 11.8 Å². The van der Waals surface area contributed by atoms with E-state index >= 15 is 0 Å². The number of carbonyl (C=O) groups is 2. The number of carbonyl (C=O) groups excluding carboxylic acids is 2. The highest BCUT2D eigenvalue weighted by molar-refractivity contribution is 5.78. The van der Waals surface area contributed by atoms with Crippen molar-refractivity contribution in [1.29, 1.82) is 0 Å². The van der Waals surface area contributed by atoms with Gasteiger partial charge >= 0.3 is 0 Å². The molecule has 0 aliphatic carbocycles. The zero-order valence-electron chi connectivity index (χ0n) is 29.8. The minimum atomic E-state index is -0.578. The van der Waals surface area contributed by atoms with Gasteiger partial charge in [0.1, 0.15) is 0 Å². The summed E-state index contributed by atoms with van der Waals surface area (Å²) in [4.78, 5) is 25.9. The van der Waals surface area contributed by atoms with Crippen LogP contribution in [0, 0.1) is 0 Å². The number of aliphatic hydroxyl groups is 1. The quantitative estimate of drug-likeness (QED) is 0.0622. The van der Waals surface area contributed by atoms with Crippen molar-refractivity contribution in [1.82, 2.24) is 15.7 Å². The first-order chi connectivity index (χ1) is 25.9. The van der Waals surface area contributed by atoms with Crippen molar-refractivity contribution in [2.24, 2.45) is 0 Å². The number of nitrogens with one attached hydrogen (secondary N) is 2. The number of hydroxylamine groups is 1. The van der Waals surface area contributed by atoms with Crippen molar-refractivity contribution < 1.29 is 29.4 Å². The molecule has 9 heteroatoms. The topological polar surface area (TPSA) is 120 Å². The van der Waals surface area contributed by atoms with Crippen LogP contribution in [0.1, 0.15) is 71.5 Å². The monoisotopic (exact) mass is 713 g/mol. The van der Waals surface area contributed by atoms with Crippen LogP contribution in [0.2, 0.25) is 0 Å². The highest BCUT2D eigenvalue weighted by Gasteiger charge is 2.33. The minimum absolute atomic E-state index is 0.00855. The normalized spacial score (nSPS) is 17.0. The Morgan fingerprint density at radius 2 is 1.28 bits per heavy atom. The fraction of sp³-hybridized carbons (Fsp3) is 0.273. The second-order valence-corrected chi connectivity index (χ2v) is 13.5. The highest BCUT2D eigenvalue weighted by atomic mass is 16.7. The first-order valence-electron chi connectivity index (χ1n) is 18.2. The van der Waals surface area contributed by atoms with Gasteiger partial charge in [-0.05, 0) is 51.4 Å². The second kappa shape index (κ2) is 19.1. The number of hydrogen-bond acceptors (Lipinski definition) is 7. The van der Waals surface area contributed by atoms with Gasteiger partial charge in [0.05, 0.1) is 18.8 Å². The number of ether oxygens (including phenoxy) is 2. The summed E-state index contributed by atoms with van der Waals surface area (Å²) in [6.45, 7) is 2.66. The first kappa shape index (κ1) is 37.6. The summed E-state index contributed by atoms with van der Waals surface area (Å²) in [7, 11) is 0. The molecule has 1 saturated heterocycles. The van der Waals surface area contributed by atoms with E-state index in [-0.39, 0.29) is 37.6 Å². The summed E-state index contributed by atoms with van der Waals surface area (Å²) in [6.07, 6.45) is 0.456. The maximum absolute atomic E-state index is 12.3. The number of rotatable bonds is 16. The smallest absolute Gasteiger partial charge is 0.243 e. The van der Waals surface area contributed by atoms with Gasteiger partial charge in [-0.3, -0.25) is 19.7 Å². The van der Waals surface area contributed by atoms with Crippen LogP contribution in [0.15, 0.2) is 133 Å². The van der Waals surface area contributed by atoms with Crippen molar-refractivity contribution in [3.63, 3.8) is 0 Å². The molecule has 0 aromatic heterocycles. The predicted octanol–water partition coefficient (Wildman–Crippen LogP) is 7.39. The lowest BCUT2D eigenvalue weighted by atomic mass is 9.98. The van der Waals surface area contributed by atoms with Gasteiger partial charge in [-0.15, -0.1) is 0 Å². The van der Waals surface area contributed by atoms with E-state index in [1.54, 1.807) is 5.48 Å². The van der Waals surface area contributed by atoms with E-state index in [2.05, 4.69) is 89.1 Å². The van der Waals surface area contributed by atoms with Crippen LogP contribution in [-0.4, -0.2) is 39.7 Å². The molecule has 1 aliphatic rings. The molecule has 2 amide bonds. The Hall–Kier alpha value is -5.16. The molecule has 0 unspecified atom stereocenters. The fourth-order valence-electron chi connectivity index (χ4n) is 6.64. The molecule has 5 aromatic carbocycles. The van der Waals surface area contributed by atoms with Crippen LogP contribution in [0.4, 0.5) is 0 Å². The third kappa shape index (κ3) is 11.2. The van der Waals surface area contributed by atoms with Crippen LogP contribution < -0.4 is 10.8 Å². The molecule has 6 rings (SSSR count). The van der Waals surface area contributed by atoms with Gasteiger partial charge in [0.25, 0.3) is 0 Å². The van der Waals surface area contributed by atoms with Crippen LogP contribution >= 0.6 is 0 Å². The number of benzene rings is 5. The van der Waals surface area contributed by atoms with E-state index in [4.69, 9.17) is 14.7 Å². The molecule has 1 fully saturated rings. The van der Waals surface area contributed by atoms with E-state index in [0.717, 1.165) is 46.5 Å². The van der Waals surface area contributed by atoms with Crippen LogP contribution in [0.25, 0.3) is 11.1 Å². The number of aliphatic hydroxyl groups excluding tert-OH is 1. The molecule has 0 saturated carbocycles. The summed E-state index contributed by atoms with van der Waals surface area (Å²) in [5.41, 5.74) is 9.91. The van der Waals surface area contributed by atoms with E-state index in [0.29, 0.717) is 25.9 Å². The Morgan fingerprint density at radius 1 is 0.660 bits per heavy atom. The third-order valence-corrected chi connectivity index (χ3v) is 9.44. The van der Waals surface area contributed by atoms with E-state index in [1.807, 2.05) is 54.6 Å². The molecule has 5 aromatic rings. The summed E-state index contributed by atoms with van der Waals surface area (Å²) >= 11 is 0. The molecule has 1 aliphatic heterocycles. The van der Waals surface area contributed by atoms with Crippen LogP contribution in [0.3, 0.4) is 0 Å². The fourth-order valence-corrected chi connectivity index (χ4v) is 6.64. The van der Waals surface area contributed by atoms with E-state index in [9.17, 15) is 14.7 Å². The molecule has 4 N–H and O–H groups in total. The molecular formula is C44H47N3O6. The molecule has 9 nitrogen and oxygen atoms in total. The Bertz CT molecular complexity index is 1850. The Kier molecular flexibility index (Phi) is 13.5. The molecule has 0 radical (unpaired) electrons. The molecule has 3 atom stereocenters. The van der Waals surface area contributed by atoms with Gasteiger partial charge in [-0.1, -0.05) is 127 Å². The highest BCUT2D eigenvalue weighted by Crippen LogP contribution is 2.39. The summed E-state index contributed by atoms with van der Waals surface area (Å²) in [5, 5.41) is 21.2. The molecule has 53 heavy (non-hydrogen) atoms. The lowest BCUT2D eigenvalue weighted by Gasteiger charge is -2.38. The standard InChI is InChI=1S/C44H47N3O6/c48-31-34-17-19-37(20-18-34)41-26-40(30-47(28-32-9-3-1-4-10-32)29-33-11-5-2-6-12-33)52-44(53-41)38-23-21-36(22-24-38)39-14-7-13-35(25-39)27-45-42(49)15-8-16-43(50)46-51/h1-7,9-14,17-25,40-41,44,48,51H,8,15-16,26-31H2,(H,45,49)(H,46,50)/t40-,41+,44+/m1/s1. The van der Waals surface area contributed by atoms with Gasteiger partial charge < -0.3 is 19.9 Å². The molecule has 274 valence electrons. The van der Waals surface area contributed by atoms with Crippen molar-refractivity contribution in [3.05, 3.63) is 167 Å². The maximum atomic E-state index is 12.3. The average molecular weight is 714 g/mol. The Morgan fingerprint density at radius 3 is 1.92 bits per heavy atom. The van der Waals surface area contributed by atoms with Gasteiger partial charge in [-0.2, -0.15) is 0 Å². The van der Waals surface area contributed by atoms with Crippen molar-refractivity contribution in [2.45, 2.75) is 70.4 Å². The van der Waals surface area contributed by atoms with Gasteiger partial charge in [0, 0.05) is 51.0 Å². The lowest BCUT2D eigenvalue weighted by molar-refractivity contribution is -0.253. The zero-order valence-corrected chi connectivity index (χ0v) is 29.8. The van der Waals surface area contributed by atoms with E-state index in [1.165, 1.54) is 11.1 Å². The summed E-state index contributed by atoms with van der Waals surface area (Å²) in [5.74, 6) is -0.655. The van der Waals surface area contributed by atoms with Gasteiger partial charge in [0.15, 0.2) is 6.29 Å². The minimum Gasteiger partial charge on any atom is -0.392 e. The van der Waals surface area contributed by atoms with Crippen molar-refractivity contribution >= 4 is 11.8 Å². The van der Waals surface area contributed by atoms with Crippen molar-refractivity contribution in [2.75, 3.05) is 6.54 Å². The number of amides is 2. The first-order valence-corrected chi connectivity index (χ1v) is 18.2. The molecular weight excluding hydrogens is 666 g/mol. The van der Waals surface area contributed by atoms with Gasteiger partial charge in [-0.25, -0.2) is 5.48 Å². The number of hydrogen-bond donors (Lipinski definition) is 4. The number of nitrogens with zero attached hydrogens (tertiary/aromatic N) is 1. The van der Waals surface area contributed by atoms with Crippen molar-refractivity contribution in [3.8, 4) is 11.1 Å². The molecule has 0 bridgehead atoms. The Labute approximate surface area is 311 Å². The van der Waals surface area contributed by atoms with E-state index < -0.39 is 12.2 Å². The molecule has 0 spiro atoms. The second-order valence-electron chi connectivity index (χ2n) is 13.5. The summed E-state index contributed by atoms with van der Waals surface area (Å²) < 4.78 is 13.4. The summed E-state index contributed by atoms with van der Waals surface area (Å²) in [6, 6.07) is 45.3. The lowest BCUT2D eigenvalue weighted by Crippen LogP contribution is -2.39. The average Bonchev–Trinajstić information content (AvgIpc) is 3.21.